The smallest absolute Gasteiger partial charge is 0.543 e. The monoisotopic (exact) mass is 321 g/mol. The summed E-state index contributed by atoms with van der Waals surface area (Å²) in [6.45, 7) is -3.13. The van der Waals surface area contributed by atoms with E-state index in [0.29, 0.717) is 0 Å². The Bertz CT molecular complexity index is 679. The maximum Gasteiger partial charge on any atom is 0.573 e. The third-order valence-electron chi connectivity index (χ3n) is 2.51. The van der Waals surface area contributed by atoms with Crippen LogP contribution >= 0.6 is 0 Å². The molecule has 0 spiro atoms. The van der Waals surface area contributed by atoms with Crippen LogP contribution in [0.1, 0.15) is 17.0 Å². The zero-order valence-corrected chi connectivity index (χ0v) is 10.5. The second-order valence-corrected chi connectivity index (χ2v) is 4.00. The molecule has 22 heavy (non-hydrogen) atoms. The molecule has 0 aliphatic carbocycles. The number of hydrogen-bond acceptors (Lipinski definition) is 4. The van der Waals surface area contributed by atoms with Crippen molar-refractivity contribution in [3.8, 4) is 17.0 Å². The van der Waals surface area contributed by atoms with Crippen LogP contribution in [0.15, 0.2) is 30.3 Å². The van der Waals surface area contributed by atoms with Crippen LogP contribution in [0.4, 0.5) is 22.0 Å². The number of aromatic carboxylic acids is 1. The molecule has 0 saturated heterocycles. The largest absolute Gasteiger partial charge is 0.573 e. The van der Waals surface area contributed by atoms with Crippen molar-refractivity contribution in [1.29, 1.82) is 0 Å². The van der Waals surface area contributed by atoms with Gasteiger partial charge in [0.25, 0.3) is 0 Å². The lowest BCUT2D eigenvalue weighted by Gasteiger charge is -2.10. The van der Waals surface area contributed by atoms with Crippen molar-refractivity contribution < 1.29 is 36.6 Å². The van der Waals surface area contributed by atoms with Gasteiger partial charge in [0.1, 0.15) is 11.4 Å². The van der Waals surface area contributed by atoms with Crippen molar-refractivity contribution in [3.05, 3.63) is 36.0 Å². The topological polar surface area (TPSA) is 67.2 Å². The number of alkyl halides is 5. The number of hydrogen-bond donors (Lipinski definition) is 0. The van der Waals surface area contributed by atoms with Crippen LogP contribution < -0.4 is 9.84 Å². The summed E-state index contributed by atoms with van der Waals surface area (Å²) < 4.78 is 65.4. The number of benzene rings is 1. The minimum atomic E-state index is -4.88. The molecular weight excluding hydrogens is 315 g/mol. The van der Waals surface area contributed by atoms with Gasteiger partial charge in [-0.2, -0.15) is 13.9 Å². The quantitative estimate of drug-likeness (QED) is 0.810. The Hall–Kier alpha value is -2.65. The molecular formula is C12H6F5N2O3-. The van der Waals surface area contributed by atoms with E-state index in [9.17, 15) is 31.9 Å². The first-order chi connectivity index (χ1) is 10.2. The fourth-order valence-corrected chi connectivity index (χ4v) is 1.69. The molecule has 0 aliphatic heterocycles. The zero-order valence-electron chi connectivity index (χ0n) is 10.5. The van der Waals surface area contributed by atoms with Gasteiger partial charge >= 0.3 is 12.9 Å². The highest BCUT2D eigenvalue weighted by Gasteiger charge is 2.31. The van der Waals surface area contributed by atoms with Crippen LogP contribution in [-0.4, -0.2) is 22.1 Å². The lowest BCUT2D eigenvalue weighted by molar-refractivity contribution is -0.274. The van der Waals surface area contributed by atoms with E-state index in [0.717, 1.165) is 30.3 Å². The Balaban J connectivity index is 2.37. The molecule has 1 aromatic heterocycles. The second-order valence-electron chi connectivity index (χ2n) is 4.00. The van der Waals surface area contributed by atoms with E-state index in [1.807, 2.05) is 0 Å². The van der Waals surface area contributed by atoms with Crippen LogP contribution in [0.25, 0.3) is 11.3 Å². The van der Waals surface area contributed by atoms with Gasteiger partial charge < -0.3 is 14.6 Å². The van der Waals surface area contributed by atoms with Crippen molar-refractivity contribution in [3.63, 3.8) is 0 Å². The number of aromatic nitrogens is 2. The van der Waals surface area contributed by atoms with Gasteiger partial charge in [-0.3, -0.25) is 0 Å². The molecule has 0 unspecified atom stereocenters. The highest BCUT2D eigenvalue weighted by molar-refractivity contribution is 5.85. The van der Waals surface area contributed by atoms with Gasteiger partial charge in [-0.1, -0.05) is 0 Å². The number of carboxylic acid groups (broad SMARTS) is 1. The molecule has 1 aromatic carbocycles. The van der Waals surface area contributed by atoms with Crippen LogP contribution in [0.5, 0.6) is 5.75 Å². The van der Waals surface area contributed by atoms with E-state index < -0.39 is 30.3 Å². The average Bonchev–Trinajstić information content (AvgIpc) is 2.83. The first kappa shape index (κ1) is 15.7. The standard InChI is InChI=1S/C12H7F5N2O3/c13-11(14)19-9(5-8(18-19)10(20)21)6-1-3-7(4-2-6)22-12(15,16)17/h1-5,11H,(H,20,21)/p-1. The molecule has 0 saturated carbocycles. The van der Waals surface area contributed by atoms with Crippen LogP contribution in [0, 0.1) is 0 Å². The summed E-state index contributed by atoms with van der Waals surface area (Å²) in [6.07, 6.45) is -4.88. The van der Waals surface area contributed by atoms with Crippen LogP contribution in [-0.2, 0) is 0 Å². The van der Waals surface area contributed by atoms with Crippen LogP contribution in [0.3, 0.4) is 0 Å². The molecule has 2 aromatic rings. The molecule has 0 radical (unpaired) electrons. The number of rotatable bonds is 4. The summed E-state index contributed by atoms with van der Waals surface area (Å²) in [7, 11) is 0. The fourth-order valence-electron chi connectivity index (χ4n) is 1.69. The predicted octanol–water partition coefficient (Wildman–Crippen LogP) is 2.21. The number of halogens is 5. The van der Waals surface area contributed by atoms with Crippen molar-refractivity contribution in [2.45, 2.75) is 12.9 Å². The van der Waals surface area contributed by atoms with Crippen LogP contribution in [0.2, 0.25) is 0 Å². The molecule has 0 aliphatic rings. The molecule has 5 nitrogen and oxygen atoms in total. The number of carbonyl (C=O) groups is 1. The zero-order chi connectivity index (χ0) is 16.5. The molecule has 0 amide bonds. The minimum Gasteiger partial charge on any atom is -0.543 e. The van der Waals surface area contributed by atoms with Crippen molar-refractivity contribution in [2.75, 3.05) is 0 Å². The Morgan fingerprint density at radius 3 is 2.27 bits per heavy atom. The first-order valence-electron chi connectivity index (χ1n) is 5.62. The van der Waals surface area contributed by atoms with Gasteiger partial charge in [0.15, 0.2) is 0 Å². The van der Waals surface area contributed by atoms with E-state index in [2.05, 4.69) is 9.84 Å². The Morgan fingerprint density at radius 2 is 1.82 bits per heavy atom. The summed E-state index contributed by atoms with van der Waals surface area (Å²) in [5, 5.41) is 13.8. The summed E-state index contributed by atoms with van der Waals surface area (Å²) in [6, 6.07) is 4.78. The molecule has 0 N–H and O–H groups in total. The summed E-state index contributed by atoms with van der Waals surface area (Å²) in [5.74, 6) is -2.29. The molecule has 1 heterocycles. The molecule has 0 fully saturated rings. The van der Waals surface area contributed by atoms with Gasteiger partial charge in [-0.05, 0) is 30.3 Å². The summed E-state index contributed by atoms with van der Waals surface area (Å²) >= 11 is 0. The van der Waals surface area contributed by atoms with E-state index in [1.54, 1.807) is 0 Å². The number of nitrogens with zero attached hydrogens (tertiary/aromatic N) is 2. The van der Waals surface area contributed by atoms with Gasteiger partial charge in [0.2, 0.25) is 0 Å². The van der Waals surface area contributed by atoms with Gasteiger partial charge in [0.05, 0.1) is 11.7 Å². The maximum absolute atomic E-state index is 12.8. The highest BCUT2D eigenvalue weighted by Crippen LogP contribution is 2.28. The van der Waals surface area contributed by atoms with Gasteiger partial charge in [-0.15, -0.1) is 13.2 Å². The van der Waals surface area contributed by atoms with Crippen molar-refractivity contribution >= 4 is 5.97 Å². The maximum atomic E-state index is 12.8. The SMILES string of the molecule is O=C([O-])c1cc(-c2ccc(OC(F)(F)F)cc2)n(C(F)F)n1. The molecule has 2 rings (SSSR count). The minimum absolute atomic E-state index is 0.0369. The highest BCUT2D eigenvalue weighted by atomic mass is 19.4. The Labute approximate surface area is 119 Å². The second kappa shape index (κ2) is 5.62. The van der Waals surface area contributed by atoms with Gasteiger partial charge in [0, 0.05) is 5.56 Å². The fraction of sp³-hybridized carbons (Fsp3) is 0.167. The van der Waals surface area contributed by atoms with Gasteiger partial charge in [-0.25, -0.2) is 4.68 Å². The molecule has 10 heteroatoms. The van der Waals surface area contributed by atoms with Crippen molar-refractivity contribution in [1.82, 2.24) is 9.78 Å². The summed E-state index contributed by atoms with van der Waals surface area (Å²) in [5.41, 5.74) is -0.964. The predicted molar refractivity (Wildman–Crippen MR) is 59.9 cm³/mol. The lowest BCUT2D eigenvalue weighted by atomic mass is 10.1. The average molecular weight is 321 g/mol. The third-order valence-corrected chi connectivity index (χ3v) is 2.51. The Kier molecular flexibility index (Phi) is 4.02. The first-order valence-corrected chi connectivity index (χ1v) is 5.62. The molecule has 118 valence electrons. The number of carbonyl (C=O) groups excluding carboxylic acids is 1. The lowest BCUT2D eigenvalue weighted by Crippen LogP contribution is -2.23. The van der Waals surface area contributed by atoms with E-state index in [4.69, 9.17) is 0 Å². The number of ether oxygens (including phenoxy) is 1. The van der Waals surface area contributed by atoms with E-state index in [-0.39, 0.29) is 15.9 Å². The molecule has 0 atom stereocenters. The van der Waals surface area contributed by atoms with Crippen molar-refractivity contribution in [2.24, 2.45) is 0 Å². The summed E-state index contributed by atoms with van der Waals surface area (Å²) in [4.78, 5) is 10.7. The normalized spacial score (nSPS) is 11.7. The third kappa shape index (κ3) is 3.51. The Morgan fingerprint density at radius 1 is 1.23 bits per heavy atom. The van der Waals surface area contributed by atoms with E-state index >= 15 is 0 Å². The number of carboxylic acids is 1. The van der Waals surface area contributed by atoms with E-state index in [1.165, 1.54) is 0 Å². The molecule has 0 bridgehead atoms.